The number of halogens is 1. The predicted octanol–water partition coefficient (Wildman–Crippen LogP) is 4.72. The van der Waals surface area contributed by atoms with E-state index < -0.39 is 11.8 Å². The fourth-order valence-electron chi connectivity index (χ4n) is 3.00. The Hall–Kier alpha value is -3.88. The topological polar surface area (TPSA) is 87.9 Å². The van der Waals surface area contributed by atoms with E-state index in [9.17, 15) is 9.18 Å². The number of hydrogen-bond donors (Lipinski definition) is 0. The molecule has 2 aromatic rings. The van der Waals surface area contributed by atoms with E-state index in [0.717, 1.165) is 6.42 Å². The lowest BCUT2D eigenvalue weighted by Crippen LogP contribution is -2.15. The molecular formula is C25H29FN2O6. The molecule has 2 rings (SSSR count). The summed E-state index contributed by atoms with van der Waals surface area (Å²) in [4.78, 5) is 22.6. The maximum absolute atomic E-state index is 14.7. The minimum absolute atomic E-state index is 0.0259. The van der Waals surface area contributed by atoms with Gasteiger partial charge in [-0.05, 0) is 31.0 Å². The molecule has 182 valence electrons. The molecule has 0 radical (unpaired) electrons. The number of carbonyl (C=O) groups excluding carboxylic acids is 1. The molecule has 0 aliphatic rings. The van der Waals surface area contributed by atoms with Gasteiger partial charge in [0.15, 0.2) is 0 Å². The van der Waals surface area contributed by atoms with Gasteiger partial charge in [0.1, 0.15) is 42.3 Å². The summed E-state index contributed by atoms with van der Waals surface area (Å²) >= 11 is 0. The zero-order valence-electron chi connectivity index (χ0n) is 20.0. The second-order valence-electron chi connectivity index (χ2n) is 6.98. The van der Waals surface area contributed by atoms with Gasteiger partial charge in [-0.3, -0.25) is 0 Å². The van der Waals surface area contributed by atoms with Gasteiger partial charge in [-0.1, -0.05) is 41.5 Å². The van der Waals surface area contributed by atoms with Crippen molar-refractivity contribution in [1.29, 1.82) is 0 Å². The molecule has 0 spiro atoms. The van der Waals surface area contributed by atoms with Gasteiger partial charge in [0.2, 0.25) is 0 Å². The summed E-state index contributed by atoms with van der Waals surface area (Å²) in [6.45, 7) is 4.11. The lowest BCUT2D eigenvalue weighted by atomic mass is 10.0. The number of benzene rings is 2. The average Bonchev–Trinajstić information content (AvgIpc) is 2.85. The number of rotatable bonds is 12. The predicted molar refractivity (Wildman–Crippen MR) is 127 cm³/mol. The van der Waals surface area contributed by atoms with Gasteiger partial charge in [-0.2, -0.15) is 0 Å². The Labute approximate surface area is 198 Å². The third-order valence-corrected chi connectivity index (χ3v) is 4.56. The monoisotopic (exact) mass is 472 g/mol. The normalized spacial score (nSPS) is 12.2. The molecule has 0 aliphatic heterocycles. The van der Waals surface area contributed by atoms with Gasteiger partial charge in [0.05, 0.1) is 27.1 Å². The van der Waals surface area contributed by atoms with Crippen molar-refractivity contribution in [3.63, 3.8) is 0 Å². The van der Waals surface area contributed by atoms with Crippen LogP contribution in [0.3, 0.4) is 0 Å². The van der Waals surface area contributed by atoms with E-state index in [1.807, 2.05) is 6.92 Å². The lowest BCUT2D eigenvalue weighted by molar-refractivity contribution is -0.133. The molecule has 0 saturated heterocycles. The Balaban J connectivity index is 2.25. The van der Waals surface area contributed by atoms with E-state index in [0.29, 0.717) is 29.2 Å². The Morgan fingerprint density at radius 1 is 1.06 bits per heavy atom. The molecule has 2 aromatic carbocycles. The summed E-state index contributed by atoms with van der Waals surface area (Å²) in [6, 6.07) is 11.6. The molecule has 0 bridgehead atoms. The second-order valence-corrected chi connectivity index (χ2v) is 6.98. The van der Waals surface area contributed by atoms with Crippen LogP contribution in [0.15, 0.2) is 59.0 Å². The number of esters is 1. The summed E-state index contributed by atoms with van der Waals surface area (Å²) in [7, 11) is 4.09. The van der Waals surface area contributed by atoms with Crippen LogP contribution in [-0.4, -0.2) is 45.3 Å². The van der Waals surface area contributed by atoms with Crippen LogP contribution in [-0.2, 0) is 30.6 Å². The van der Waals surface area contributed by atoms with Crippen LogP contribution in [0.5, 0.6) is 5.75 Å². The molecule has 8 nitrogen and oxygen atoms in total. The Morgan fingerprint density at radius 2 is 1.82 bits per heavy atom. The number of oxime groups is 2. The summed E-state index contributed by atoms with van der Waals surface area (Å²) in [5.74, 6) is -0.658. The molecular weight excluding hydrogens is 443 g/mol. The molecule has 0 atom stereocenters. The van der Waals surface area contributed by atoms with Crippen LogP contribution in [0.1, 0.15) is 37.0 Å². The van der Waals surface area contributed by atoms with Gasteiger partial charge >= 0.3 is 5.97 Å². The van der Waals surface area contributed by atoms with E-state index in [-0.39, 0.29) is 23.5 Å². The average molecular weight is 473 g/mol. The van der Waals surface area contributed by atoms with Gasteiger partial charge in [0.25, 0.3) is 0 Å². The van der Waals surface area contributed by atoms with Crippen molar-refractivity contribution in [3.8, 4) is 5.75 Å². The van der Waals surface area contributed by atoms with E-state index >= 15 is 0 Å². The van der Waals surface area contributed by atoms with Crippen molar-refractivity contribution >= 4 is 23.0 Å². The Morgan fingerprint density at radius 3 is 2.47 bits per heavy atom. The van der Waals surface area contributed by atoms with Crippen LogP contribution in [0, 0.1) is 5.82 Å². The van der Waals surface area contributed by atoms with Crippen molar-refractivity contribution in [1.82, 2.24) is 0 Å². The van der Waals surface area contributed by atoms with Crippen LogP contribution in [0.2, 0.25) is 0 Å². The van der Waals surface area contributed by atoms with Gasteiger partial charge in [0, 0.05) is 17.2 Å². The fourth-order valence-corrected chi connectivity index (χ4v) is 3.00. The number of methoxy groups -OCH3 is 2. The largest absolute Gasteiger partial charge is 0.503 e. The first-order valence-electron chi connectivity index (χ1n) is 10.6. The smallest absolute Gasteiger partial charge is 0.341 e. The quantitative estimate of drug-likeness (QED) is 0.146. The molecule has 9 heteroatoms. The standard InChI is InChI=1S/C25H29FN2O6/c1-6-13-33-19-11-12-21(23(26)14-19)24(28-32-5)17(2)27-34-15-18-9-7-8-10-20(18)22(16-30-3)25(29)31-4/h7-12,14,16H,6,13,15H2,1-5H3. The maximum atomic E-state index is 14.7. The van der Waals surface area contributed by atoms with Crippen molar-refractivity contribution in [2.24, 2.45) is 10.3 Å². The molecule has 0 heterocycles. The number of ether oxygens (including phenoxy) is 3. The molecule has 0 aliphatic carbocycles. The van der Waals surface area contributed by atoms with Gasteiger partial charge in [-0.15, -0.1) is 0 Å². The zero-order chi connectivity index (χ0) is 24.9. The van der Waals surface area contributed by atoms with Crippen LogP contribution < -0.4 is 4.74 Å². The summed E-state index contributed by atoms with van der Waals surface area (Å²) in [5, 5.41) is 8.00. The van der Waals surface area contributed by atoms with Crippen molar-refractivity contribution in [2.75, 3.05) is 27.9 Å². The van der Waals surface area contributed by atoms with Crippen LogP contribution in [0.4, 0.5) is 4.39 Å². The van der Waals surface area contributed by atoms with Gasteiger partial charge < -0.3 is 23.9 Å². The molecule has 0 N–H and O–H groups in total. The first-order valence-corrected chi connectivity index (χ1v) is 10.6. The van der Waals surface area contributed by atoms with Crippen molar-refractivity contribution < 1.29 is 33.1 Å². The van der Waals surface area contributed by atoms with E-state index in [1.165, 1.54) is 33.7 Å². The zero-order valence-corrected chi connectivity index (χ0v) is 20.0. The minimum atomic E-state index is -0.551. The third kappa shape index (κ3) is 7.06. The highest BCUT2D eigenvalue weighted by Gasteiger charge is 2.18. The molecule has 0 unspecified atom stereocenters. The number of nitrogens with zero attached hydrogens (tertiary/aromatic N) is 2. The Bertz CT molecular complexity index is 1070. The van der Waals surface area contributed by atoms with Crippen LogP contribution in [0.25, 0.3) is 5.57 Å². The van der Waals surface area contributed by atoms with E-state index in [2.05, 4.69) is 10.3 Å². The van der Waals surface area contributed by atoms with Crippen molar-refractivity contribution in [3.05, 3.63) is 71.2 Å². The van der Waals surface area contributed by atoms with E-state index in [4.69, 9.17) is 23.9 Å². The summed E-state index contributed by atoms with van der Waals surface area (Å²) < 4.78 is 30.1. The highest BCUT2D eigenvalue weighted by molar-refractivity contribution is 6.47. The maximum Gasteiger partial charge on any atom is 0.341 e. The fraction of sp³-hybridized carbons (Fsp3) is 0.320. The first-order chi connectivity index (χ1) is 16.5. The molecule has 0 amide bonds. The minimum Gasteiger partial charge on any atom is -0.503 e. The van der Waals surface area contributed by atoms with Gasteiger partial charge in [-0.25, -0.2) is 9.18 Å². The molecule has 34 heavy (non-hydrogen) atoms. The number of hydrogen-bond acceptors (Lipinski definition) is 8. The molecule has 0 saturated carbocycles. The second kappa shape index (κ2) is 13.6. The number of carbonyl (C=O) groups is 1. The summed E-state index contributed by atoms with van der Waals surface area (Å²) in [6.07, 6.45) is 2.12. The van der Waals surface area contributed by atoms with Crippen LogP contribution >= 0.6 is 0 Å². The Kier molecular flexibility index (Phi) is 10.6. The summed E-state index contributed by atoms with van der Waals surface area (Å²) in [5.41, 5.74) is 2.13. The molecule has 0 fully saturated rings. The first kappa shape index (κ1) is 26.4. The lowest BCUT2D eigenvalue weighted by Gasteiger charge is -2.12. The van der Waals surface area contributed by atoms with E-state index in [1.54, 1.807) is 43.3 Å². The van der Waals surface area contributed by atoms with Crippen molar-refractivity contribution in [2.45, 2.75) is 26.9 Å². The molecule has 0 aromatic heterocycles. The SMILES string of the molecule is CCCOc1ccc(C(=NOC)C(C)=NOCc2ccccc2C(=COC)C(=O)OC)c(F)c1. The third-order valence-electron chi connectivity index (χ3n) is 4.56. The highest BCUT2D eigenvalue weighted by Crippen LogP contribution is 2.22. The highest BCUT2D eigenvalue weighted by atomic mass is 19.1.